The van der Waals surface area contributed by atoms with Crippen LogP contribution in [0.25, 0.3) is 22.1 Å². The number of carbonyl (C=O) groups excluding carboxylic acids is 2. The molecule has 0 bridgehead atoms. The molecule has 8 heteroatoms. The van der Waals surface area contributed by atoms with Gasteiger partial charge in [-0.25, -0.2) is 14.4 Å². The number of nitrogens with one attached hydrogen (secondary N) is 1. The molecule has 0 aliphatic carbocycles. The molecule has 1 atom stereocenters. The van der Waals surface area contributed by atoms with Crippen molar-refractivity contribution in [3.8, 4) is 22.6 Å². The molecule has 38 heavy (non-hydrogen) atoms. The predicted molar refractivity (Wildman–Crippen MR) is 143 cm³/mol. The summed E-state index contributed by atoms with van der Waals surface area (Å²) in [6.45, 7) is 3.69. The minimum Gasteiger partial charge on any atom is -0.497 e. The highest BCUT2D eigenvalue weighted by Gasteiger charge is 2.24. The van der Waals surface area contributed by atoms with Crippen LogP contribution < -0.4 is 20.4 Å². The van der Waals surface area contributed by atoms with E-state index in [0.717, 1.165) is 11.1 Å². The van der Waals surface area contributed by atoms with Crippen molar-refractivity contribution in [2.24, 2.45) is 0 Å². The van der Waals surface area contributed by atoms with Gasteiger partial charge in [-0.05, 0) is 54.3 Å². The second kappa shape index (κ2) is 12.1. The van der Waals surface area contributed by atoms with Crippen LogP contribution in [0.5, 0.6) is 11.5 Å². The van der Waals surface area contributed by atoms with E-state index in [0.29, 0.717) is 40.7 Å². The Kier molecular flexibility index (Phi) is 8.43. The molecule has 0 saturated carbocycles. The van der Waals surface area contributed by atoms with Crippen molar-refractivity contribution >= 4 is 23.0 Å². The van der Waals surface area contributed by atoms with Crippen molar-refractivity contribution in [1.82, 2.24) is 5.32 Å². The van der Waals surface area contributed by atoms with Crippen molar-refractivity contribution < 1.29 is 28.2 Å². The Bertz CT molecular complexity index is 1480. The van der Waals surface area contributed by atoms with Crippen molar-refractivity contribution in [1.29, 1.82) is 0 Å². The Morgan fingerprint density at radius 1 is 1.00 bits per heavy atom. The van der Waals surface area contributed by atoms with E-state index in [1.807, 2.05) is 61.5 Å². The zero-order valence-corrected chi connectivity index (χ0v) is 21.5. The number of benzene rings is 3. The molecule has 1 heterocycles. The highest BCUT2D eigenvalue weighted by atomic mass is 16.6. The van der Waals surface area contributed by atoms with Gasteiger partial charge < -0.3 is 23.9 Å². The number of rotatable bonds is 9. The largest absolute Gasteiger partial charge is 0.497 e. The normalized spacial score (nSPS) is 11.6. The number of alkyl carbamates (subject to hydrolysis) is 1. The average Bonchev–Trinajstić information content (AvgIpc) is 2.93. The molecule has 0 aliphatic rings. The highest BCUT2D eigenvalue weighted by Crippen LogP contribution is 2.34. The van der Waals surface area contributed by atoms with Crippen molar-refractivity contribution in [2.75, 3.05) is 7.11 Å². The van der Waals surface area contributed by atoms with E-state index in [1.54, 1.807) is 26.2 Å². The fourth-order valence-corrected chi connectivity index (χ4v) is 4.09. The minimum atomic E-state index is -0.906. The van der Waals surface area contributed by atoms with E-state index < -0.39 is 23.7 Å². The van der Waals surface area contributed by atoms with Crippen LogP contribution in [0.15, 0.2) is 82.0 Å². The summed E-state index contributed by atoms with van der Waals surface area (Å²) in [6, 6.07) is 20.5. The summed E-state index contributed by atoms with van der Waals surface area (Å²) in [5.74, 6) is 0.295. The Labute approximate surface area is 220 Å². The highest BCUT2D eigenvalue weighted by molar-refractivity contribution is 5.96. The third-order valence-electron chi connectivity index (χ3n) is 6.09. The van der Waals surface area contributed by atoms with Gasteiger partial charge in [-0.3, -0.25) is 0 Å². The molecule has 1 aromatic heterocycles. The molecule has 1 N–H and O–H groups in total. The van der Waals surface area contributed by atoms with Gasteiger partial charge in [-0.1, -0.05) is 55.8 Å². The molecule has 0 fully saturated rings. The third-order valence-corrected chi connectivity index (χ3v) is 6.09. The van der Waals surface area contributed by atoms with E-state index in [2.05, 4.69) is 5.32 Å². The number of hydrogen-bond donors (Lipinski definition) is 1. The number of hydrogen-bond acceptors (Lipinski definition) is 7. The van der Waals surface area contributed by atoms with Gasteiger partial charge in [0.05, 0.1) is 7.11 Å². The number of carbonyl (C=O) groups is 2. The quantitative estimate of drug-likeness (QED) is 0.171. The minimum absolute atomic E-state index is 0.0832. The molecule has 0 unspecified atom stereocenters. The summed E-state index contributed by atoms with van der Waals surface area (Å²) in [5, 5.41) is 3.29. The van der Waals surface area contributed by atoms with Gasteiger partial charge in [0.1, 0.15) is 29.7 Å². The maximum Gasteiger partial charge on any atom is 0.408 e. The molecule has 0 aliphatic heterocycles. The molecular formula is C30H29NO7. The molecule has 8 nitrogen and oxygen atoms in total. The Balaban J connectivity index is 1.53. The molecule has 196 valence electrons. The number of aryl methyl sites for hydroxylation is 1. The molecule has 3 aromatic carbocycles. The van der Waals surface area contributed by atoms with Gasteiger partial charge in [0, 0.05) is 17.0 Å². The van der Waals surface area contributed by atoms with Gasteiger partial charge in [0.2, 0.25) is 0 Å². The first-order valence-electron chi connectivity index (χ1n) is 12.3. The lowest BCUT2D eigenvalue weighted by atomic mass is 10.00. The third kappa shape index (κ3) is 6.21. The van der Waals surface area contributed by atoms with E-state index in [4.69, 9.17) is 18.6 Å². The van der Waals surface area contributed by atoms with E-state index in [9.17, 15) is 14.4 Å². The fourth-order valence-electron chi connectivity index (χ4n) is 4.09. The van der Waals surface area contributed by atoms with Crippen molar-refractivity contribution in [3.05, 3.63) is 94.3 Å². The zero-order valence-electron chi connectivity index (χ0n) is 21.5. The molecule has 4 aromatic rings. The summed E-state index contributed by atoms with van der Waals surface area (Å²) in [5.41, 5.74) is 2.61. The fraction of sp³-hybridized carbons (Fsp3) is 0.233. The molecule has 0 saturated heterocycles. The second-order valence-corrected chi connectivity index (χ2v) is 8.74. The number of methoxy groups -OCH3 is 1. The maximum atomic E-state index is 13.0. The van der Waals surface area contributed by atoms with Crippen LogP contribution in [0.2, 0.25) is 0 Å². The summed E-state index contributed by atoms with van der Waals surface area (Å²) in [7, 11) is 1.59. The maximum absolute atomic E-state index is 13.0. The predicted octanol–water partition coefficient (Wildman–Crippen LogP) is 5.78. The van der Waals surface area contributed by atoms with Crippen LogP contribution in [-0.2, 0) is 16.1 Å². The van der Waals surface area contributed by atoms with Crippen molar-refractivity contribution in [2.45, 2.75) is 39.3 Å². The van der Waals surface area contributed by atoms with Gasteiger partial charge in [-0.15, -0.1) is 0 Å². The summed E-state index contributed by atoms with van der Waals surface area (Å²) >= 11 is 0. The lowest BCUT2D eigenvalue weighted by Crippen LogP contribution is -2.43. The monoisotopic (exact) mass is 515 g/mol. The first kappa shape index (κ1) is 26.5. The second-order valence-electron chi connectivity index (χ2n) is 8.74. The lowest BCUT2D eigenvalue weighted by Gasteiger charge is -2.18. The van der Waals surface area contributed by atoms with Crippen LogP contribution in [0.3, 0.4) is 0 Å². The summed E-state index contributed by atoms with van der Waals surface area (Å²) in [6.07, 6.45) is 0.285. The summed E-state index contributed by atoms with van der Waals surface area (Å²) < 4.78 is 21.6. The van der Waals surface area contributed by atoms with Crippen LogP contribution in [-0.4, -0.2) is 25.2 Å². The Hall–Kier alpha value is -4.59. The zero-order chi connectivity index (χ0) is 27.1. The summed E-state index contributed by atoms with van der Waals surface area (Å²) in [4.78, 5) is 37.8. The standard InChI is InChI=1S/C30H29NO7/c1-4-8-25(31-30(34)36-18-20-9-6-5-7-10-20)29(33)37-26-16-15-23-24(17-27(32)38-28(23)19(26)2)21-11-13-22(35-3)14-12-21/h5-7,9-17,25H,4,8,18H2,1-3H3,(H,31,34)/t25-/m1/s1. The SMILES string of the molecule is CCC[C@@H](NC(=O)OCc1ccccc1)C(=O)Oc1ccc2c(-c3ccc(OC)cc3)cc(=O)oc2c1C. The Morgan fingerprint density at radius 3 is 2.42 bits per heavy atom. The molecule has 0 spiro atoms. The van der Waals surface area contributed by atoms with Gasteiger partial charge in [-0.2, -0.15) is 0 Å². The van der Waals surface area contributed by atoms with Gasteiger partial charge in [0.25, 0.3) is 0 Å². The first-order chi connectivity index (χ1) is 18.4. The molecular weight excluding hydrogens is 486 g/mol. The smallest absolute Gasteiger partial charge is 0.408 e. The average molecular weight is 516 g/mol. The number of amides is 1. The number of esters is 1. The van der Waals surface area contributed by atoms with Crippen LogP contribution in [0.4, 0.5) is 4.79 Å². The van der Waals surface area contributed by atoms with Crippen LogP contribution in [0, 0.1) is 6.92 Å². The van der Waals surface area contributed by atoms with Gasteiger partial charge >= 0.3 is 17.7 Å². The van der Waals surface area contributed by atoms with Crippen molar-refractivity contribution in [3.63, 3.8) is 0 Å². The van der Waals surface area contributed by atoms with E-state index >= 15 is 0 Å². The topological polar surface area (TPSA) is 104 Å². The van der Waals surface area contributed by atoms with Gasteiger partial charge in [0.15, 0.2) is 0 Å². The first-order valence-corrected chi connectivity index (χ1v) is 12.3. The number of fused-ring (bicyclic) bond motifs is 1. The molecule has 1 amide bonds. The molecule has 0 radical (unpaired) electrons. The molecule has 4 rings (SSSR count). The Morgan fingerprint density at radius 2 is 1.74 bits per heavy atom. The lowest BCUT2D eigenvalue weighted by molar-refractivity contribution is -0.136. The van der Waals surface area contributed by atoms with E-state index in [1.165, 1.54) is 6.07 Å². The van der Waals surface area contributed by atoms with Crippen LogP contribution in [0.1, 0.15) is 30.9 Å². The van der Waals surface area contributed by atoms with E-state index in [-0.39, 0.29) is 12.4 Å². The van der Waals surface area contributed by atoms with Crippen LogP contribution >= 0.6 is 0 Å². The number of ether oxygens (including phenoxy) is 3.